The van der Waals surface area contributed by atoms with Crippen LogP contribution in [0.3, 0.4) is 0 Å². The summed E-state index contributed by atoms with van der Waals surface area (Å²) >= 11 is 0. The van der Waals surface area contributed by atoms with Gasteiger partial charge in [0.1, 0.15) is 12.1 Å². The summed E-state index contributed by atoms with van der Waals surface area (Å²) in [5, 5.41) is 8.78. The van der Waals surface area contributed by atoms with Crippen LogP contribution in [-0.2, 0) is 6.42 Å². The smallest absolute Gasteiger partial charge is 0.357 e. The third-order valence-electron chi connectivity index (χ3n) is 2.88. The first-order valence-corrected chi connectivity index (χ1v) is 5.40. The SMILES string of the molecule is O=C(O)c1coc(N2CCc3ccc(F)cc32)n1. The largest absolute Gasteiger partial charge is 0.476 e. The average molecular weight is 248 g/mol. The molecular weight excluding hydrogens is 239 g/mol. The van der Waals surface area contributed by atoms with E-state index in [0.29, 0.717) is 12.2 Å². The monoisotopic (exact) mass is 248 g/mol. The van der Waals surface area contributed by atoms with E-state index in [1.807, 2.05) is 0 Å². The van der Waals surface area contributed by atoms with E-state index in [9.17, 15) is 9.18 Å². The van der Waals surface area contributed by atoms with Gasteiger partial charge in [-0.15, -0.1) is 0 Å². The van der Waals surface area contributed by atoms with E-state index in [2.05, 4.69) is 4.98 Å². The van der Waals surface area contributed by atoms with Crippen molar-refractivity contribution in [3.8, 4) is 0 Å². The Balaban J connectivity index is 2.00. The Kier molecular flexibility index (Phi) is 2.29. The van der Waals surface area contributed by atoms with Crippen LogP contribution in [-0.4, -0.2) is 22.6 Å². The molecule has 0 fully saturated rings. The number of benzene rings is 1. The molecule has 2 heterocycles. The van der Waals surface area contributed by atoms with Crippen LogP contribution in [0.25, 0.3) is 0 Å². The van der Waals surface area contributed by atoms with E-state index in [-0.39, 0.29) is 17.5 Å². The van der Waals surface area contributed by atoms with Crippen LogP contribution < -0.4 is 4.90 Å². The maximum atomic E-state index is 13.2. The number of aromatic carboxylic acids is 1. The zero-order chi connectivity index (χ0) is 12.7. The lowest BCUT2D eigenvalue weighted by molar-refractivity contribution is 0.0690. The van der Waals surface area contributed by atoms with Gasteiger partial charge in [-0.25, -0.2) is 9.18 Å². The van der Waals surface area contributed by atoms with Gasteiger partial charge in [0.15, 0.2) is 5.69 Å². The number of halogens is 1. The number of nitrogens with zero attached hydrogens (tertiary/aromatic N) is 2. The molecule has 1 aromatic heterocycles. The minimum atomic E-state index is -1.15. The number of carboxylic acids is 1. The molecule has 1 aromatic carbocycles. The molecule has 0 saturated heterocycles. The first-order valence-electron chi connectivity index (χ1n) is 5.40. The van der Waals surface area contributed by atoms with Gasteiger partial charge in [-0.1, -0.05) is 6.07 Å². The topological polar surface area (TPSA) is 66.6 Å². The zero-order valence-corrected chi connectivity index (χ0v) is 9.26. The second-order valence-electron chi connectivity index (χ2n) is 4.00. The lowest BCUT2D eigenvalue weighted by atomic mass is 10.2. The molecule has 3 rings (SSSR count). The highest BCUT2D eigenvalue weighted by Crippen LogP contribution is 2.34. The Bertz CT molecular complexity index is 624. The van der Waals surface area contributed by atoms with Gasteiger partial charge in [0, 0.05) is 6.54 Å². The quantitative estimate of drug-likeness (QED) is 0.882. The Morgan fingerprint density at radius 2 is 2.33 bits per heavy atom. The third kappa shape index (κ3) is 1.62. The molecule has 18 heavy (non-hydrogen) atoms. The molecule has 0 unspecified atom stereocenters. The Morgan fingerprint density at radius 3 is 3.06 bits per heavy atom. The lowest BCUT2D eigenvalue weighted by Gasteiger charge is -2.13. The van der Waals surface area contributed by atoms with Crippen LogP contribution >= 0.6 is 0 Å². The van der Waals surface area contributed by atoms with E-state index >= 15 is 0 Å². The molecule has 0 radical (unpaired) electrons. The highest BCUT2D eigenvalue weighted by Gasteiger charge is 2.25. The summed E-state index contributed by atoms with van der Waals surface area (Å²) in [7, 11) is 0. The summed E-state index contributed by atoms with van der Waals surface area (Å²) in [5.41, 5.74) is 1.51. The van der Waals surface area contributed by atoms with Crippen molar-refractivity contribution in [3.63, 3.8) is 0 Å². The average Bonchev–Trinajstić information content (AvgIpc) is 2.93. The Hall–Kier alpha value is -2.37. The van der Waals surface area contributed by atoms with E-state index in [4.69, 9.17) is 9.52 Å². The minimum absolute atomic E-state index is 0.158. The van der Waals surface area contributed by atoms with Gasteiger partial charge in [-0.05, 0) is 24.1 Å². The number of anilines is 2. The van der Waals surface area contributed by atoms with Crippen LogP contribution in [0.5, 0.6) is 0 Å². The fourth-order valence-corrected chi connectivity index (χ4v) is 2.04. The Morgan fingerprint density at radius 1 is 1.50 bits per heavy atom. The molecule has 6 heteroatoms. The van der Waals surface area contributed by atoms with Crippen molar-refractivity contribution in [1.82, 2.24) is 4.98 Å². The standard InChI is InChI=1S/C12H9FN2O3/c13-8-2-1-7-3-4-15(10(7)5-8)12-14-9(6-18-12)11(16)17/h1-2,5-6H,3-4H2,(H,16,17). The molecule has 1 N–H and O–H groups in total. The third-order valence-corrected chi connectivity index (χ3v) is 2.88. The number of hydrogen-bond acceptors (Lipinski definition) is 4. The van der Waals surface area contributed by atoms with Crippen molar-refractivity contribution < 1.29 is 18.7 Å². The summed E-state index contributed by atoms with van der Waals surface area (Å²) in [4.78, 5) is 16.3. The van der Waals surface area contributed by atoms with Gasteiger partial charge in [-0.2, -0.15) is 4.98 Å². The van der Waals surface area contributed by atoms with Crippen molar-refractivity contribution in [2.45, 2.75) is 6.42 Å². The number of fused-ring (bicyclic) bond motifs is 1. The van der Waals surface area contributed by atoms with E-state index < -0.39 is 5.97 Å². The van der Waals surface area contributed by atoms with Gasteiger partial charge in [-0.3, -0.25) is 4.90 Å². The predicted molar refractivity (Wildman–Crippen MR) is 60.6 cm³/mol. The van der Waals surface area contributed by atoms with Crippen molar-refractivity contribution in [2.75, 3.05) is 11.4 Å². The van der Waals surface area contributed by atoms with Crippen LogP contribution in [0.4, 0.5) is 16.1 Å². The maximum Gasteiger partial charge on any atom is 0.357 e. The highest BCUT2D eigenvalue weighted by molar-refractivity contribution is 5.85. The molecule has 1 aliphatic rings. The van der Waals surface area contributed by atoms with E-state index in [1.165, 1.54) is 12.1 Å². The molecule has 0 atom stereocenters. The Labute approximate surface area is 101 Å². The fraction of sp³-hybridized carbons (Fsp3) is 0.167. The molecule has 0 aliphatic carbocycles. The second-order valence-corrected chi connectivity index (χ2v) is 4.00. The van der Waals surface area contributed by atoms with Crippen molar-refractivity contribution in [1.29, 1.82) is 0 Å². The number of rotatable bonds is 2. The van der Waals surface area contributed by atoms with Crippen molar-refractivity contribution in [2.24, 2.45) is 0 Å². The second kappa shape index (κ2) is 3.83. The van der Waals surface area contributed by atoms with Crippen molar-refractivity contribution >= 4 is 17.7 Å². The normalized spacial score (nSPS) is 13.7. The molecule has 1 aliphatic heterocycles. The van der Waals surface area contributed by atoms with Gasteiger partial charge in [0.25, 0.3) is 0 Å². The molecule has 92 valence electrons. The van der Waals surface area contributed by atoms with Gasteiger partial charge >= 0.3 is 12.0 Å². The molecule has 0 amide bonds. The molecule has 0 saturated carbocycles. The molecule has 5 nitrogen and oxygen atoms in total. The first kappa shape index (κ1) is 10.8. The number of hydrogen-bond donors (Lipinski definition) is 1. The maximum absolute atomic E-state index is 13.2. The van der Waals surface area contributed by atoms with Gasteiger partial charge < -0.3 is 9.52 Å². The number of carbonyl (C=O) groups is 1. The van der Waals surface area contributed by atoms with Crippen LogP contribution in [0.15, 0.2) is 28.9 Å². The van der Waals surface area contributed by atoms with Crippen LogP contribution in [0.1, 0.15) is 16.1 Å². The molecular formula is C12H9FN2O3. The first-order chi connectivity index (χ1) is 8.65. The van der Waals surface area contributed by atoms with Crippen molar-refractivity contribution in [3.05, 3.63) is 41.5 Å². The summed E-state index contributed by atoms with van der Waals surface area (Å²) in [5.74, 6) is -1.49. The van der Waals surface area contributed by atoms with Crippen LogP contribution in [0.2, 0.25) is 0 Å². The summed E-state index contributed by atoms with van der Waals surface area (Å²) in [6.07, 6.45) is 1.83. The lowest BCUT2D eigenvalue weighted by Crippen LogP contribution is -2.14. The van der Waals surface area contributed by atoms with Crippen LogP contribution in [0, 0.1) is 5.82 Å². The minimum Gasteiger partial charge on any atom is -0.476 e. The number of oxazole rings is 1. The van der Waals surface area contributed by atoms with E-state index in [0.717, 1.165) is 18.2 Å². The fourth-order valence-electron chi connectivity index (χ4n) is 2.04. The van der Waals surface area contributed by atoms with E-state index in [1.54, 1.807) is 11.0 Å². The molecule has 0 bridgehead atoms. The molecule has 0 spiro atoms. The van der Waals surface area contributed by atoms with Gasteiger partial charge in [0.05, 0.1) is 5.69 Å². The van der Waals surface area contributed by atoms with Gasteiger partial charge in [0.2, 0.25) is 0 Å². The summed E-state index contributed by atoms with van der Waals surface area (Å²) in [6, 6.07) is 4.69. The number of carboxylic acid groups (broad SMARTS) is 1. The zero-order valence-electron chi connectivity index (χ0n) is 9.26. The predicted octanol–water partition coefficient (Wildman–Crippen LogP) is 2.21. The highest BCUT2D eigenvalue weighted by atomic mass is 19.1. The number of aromatic nitrogens is 1. The summed E-state index contributed by atoms with van der Waals surface area (Å²) < 4.78 is 18.3. The summed E-state index contributed by atoms with van der Waals surface area (Å²) in [6.45, 7) is 0.596. The molecule has 2 aromatic rings.